The standard InChI is InChI=1S/C21H25N5OS/c1-25(2)21(22-20(27)16-7-4-3-5-8-16)10-12-26(13-11-21)19-15-17(23-24-19)18-9-6-14-28-18/h3-9,14-15H,10-13H2,1-2H3,(H,22,27)(H,23,24). The summed E-state index contributed by atoms with van der Waals surface area (Å²) >= 11 is 1.70. The van der Waals surface area contributed by atoms with Crippen LogP contribution in [0.5, 0.6) is 0 Å². The Bertz CT molecular complexity index is 911. The van der Waals surface area contributed by atoms with Crippen LogP contribution in [0, 0.1) is 0 Å². The Hall–Kier alpha value is -2.64. The number of thiophene rings is 1. The number of H-pyrrole nitrogens is 1. The highest BCUT2D eigenvalue weighted by Crippen LogP contribution is 2.30. The Morgan fingerprint density at radius 1 is 1.18 bits per heavy atom. The maximum atomic E-state index is 12.7. The average Bonchev–Trinajstić information content (AvgIpc) is 3.41. The number of amides is 1. The minimum atomic E-state index is -0.351. The summed E-state index contributed by atoms with van der Waals surface area (Å²) in [5, 5.41) is 13.0. The topological polar surface area (TPSA) is 64.3 Å². The Kier molecular flexibility index (Phi) is 5.19. The molecule has 0 bridgehead atoms. The van der Waals surface area contributed by atoms with Gasteiger partial charge >= 0.3 is 0 Å². The number of hydrogen-bond acceptors (Lipinski definition) is 5. The van der Waals surface area contributed by atoms with Crippen molar-refractivity contribution in [3.63, 3.8) is 0 Å². The number of rotatable bonds is 5. The lowest BCUT2D eigenvalue weighted by Gasteiger charge is -2.46. The Balaban J connectivity index is 1.45. The number of carbonyl (C=O) groups excluding carboxylic acids is 1. The molecule has 0 aliphatic carbocycles. The molecule has 0 atom stereocenters. The van der Waals surface area contributed by atoms with E-state index in [0.717, 1.165) is 37.4 Å². The molecule has 7 heteroatoms. The second-order valence-electron chi connectivity index (χ2n) is 7.35. The van der Waals surface area contributed by atoms with Crippen LogP contribution in [0.3, 0.4) is 0 Å². The lowest BCUT2D eigenvalue weighted by molar-refractivity contribution is 0.0572. The highest BCUT2D eigenvalue weighted by Gasteiger charge is 2.38. The lowest BCUT2D eigenvalue weighted by Crippen LogP contribution is -2.63. The summed E-state index contributed by atoms with van der Waals surface area (Å²) in [6, 6.07) is 15.7. The van der Waals surface area contributed by atoms with E-state index >= 15 is 0 Å². The Morgan fingerprint density at radius 3 is 2.57 bits per heavy atom. The fourth-order valence-corrected chi connectivity index (χ4v) is 4.39. The van der Waals surface area contributed by atoms with Gasteiger partial charge in [0, 0.05) is 37.6 Å². The first-order valence-electron chi connectivity index (χ1n) is 9.47. The minimum Gasteiger partial charge on any atom is -0.355 e. The van der Waals surface area contributed by atoms with Gasteiger partial charge in [0.2, 0.25) is 0 Å². The number of benzene rings is 1. The van der Waals surface area contributed by atoms with Gasteiger partial charge in [0.05, 0.1) is 16.2 Å². The van der Waals surface area contributed by atoms with Gasteiger partial charge in [0.15, 0.2) is 5.82 Å². The van der Waals surface area contributed by atoms with E-state index in [1.807, 2.05) is 50.5 Å². The Labute approximate surface area is 169 Å². The van der Waals surface area contributed by atoms with Crippen molar-refractivity contribution in [1.82, 2.24) is 20.4 Å². The Morgan fingerprint density at radius 2 is 1.93 bits per heavy atom. The molecule has 0 unspecified atom stereocenters. The number of piperidine rings is 1. The zero-order valence-electron chi connectivity index (χ0n) is 16.2. The predicted molar refractivity (Wildman–Crippen MR) is 114 cm³/mol. The summed E-state index contributed by atoms with van der Waals surface area (Å²) in [6.07, 6.45) is 1.67. The first kappa shape index (κ1) is 18.7. The number of nitrogens with zero attached hydrogens (tertiary/aromatic N) is 3. The van der Waals surface area contributed by atoms with Crippen molar-refractivity contribution >= 4 is 23.1 Å². The van der Waals surface area contributed by atoms with Crippen molar-refractivity contribution in [3.05, 3.63) is 59.5 Å². The third-order valence-corrected chi connectivity index (χ3v) is 6.41. The number of aromatic amines is 1. The molecule has 3 heterocycles. The summed E-state index contributed by atoms with van der Waals surface area (Å²) < 4.78 is 0. The van der Waals surface area contributed by atoms with Gasteiger partial charge < -0.3 is 10.2 Å². The summed E-state index contributed by atoms with van der Waals surface area (Å²) in [5.41, 5.74) is 1.39. The molecule has 146 valence electrons. The molecule has 2 N–H and O–H groups in total. The molecule has 1 aliphatic heterocycles. The molecule has 1 amide bonds. The molecule has 1 saturated heterocycles. The van der Waals surface area contributed by atoms with Gasteiger partial charge in [-0.1, -0.05) is 24.3 Å². The van der Waals surface area contributed by atoms with Gasteiger partial charge in [-0.3, -0.25) is 14.8 Å². The molecular formula is C21H25N5OS. The summed E-state index contributed by atoms with van der Waals surface area (Å²) in [6.45, 7) is 1.67. The van der Waals surface area contributed by atoms with E-state index < -0.39 is 0 Å². The SMILES string of the molecule is CN(C)C1(NC(=O)c2ccccc2)CCN(c2cc(-c3cccs3)[nH]n2)CC1. The molecule has 6 nitrogen and oxygen atoms in total. The van der Waals surface area contributed by atoms with E-state index in [9.17, 15) is 4.79 Å². The molecular weight excluding hydrogens is 370 g/mol. The highest BCUT2D eigenvalue weighted by molar-refractivity contribution is 7.13. The van der Waals surface area contributed by atoms with Crippen LogP contribution in [0.4, 0.5) is 5.82 Å². The van der Waals surface area contributed by atoms with Crippen LogP contribution in [0.1, 0.15) is 23.2 Å². The fourth-order valence-electron chi connectivity index (χ4n) is 3.69. The largest absolute Gasteiger partial charge is 0.355 e. The van der Waals surface area contributed by atoms with E-state index in [-0.39, 0.29) is 11.6 Å². The van der Waals surface area contributed by atoms with E-state index in [1.54, 1.807) is 11.3 Å². The van der Waals surface area contributed by atoms with E-state index in [2.05, 4.69) is 42.8 Å². The zero-order valence-corrected chi connectivity index (χ0v) is 17.0. The second kappa shape index (κ2) is 7.77. The molecule has 1 aromatic carbocycles. The normalized spacial score (nSPS) is 16.3. The predicted octanol–water partition coefficient (Wildman–Crippen LogP) is 3.43. The van der Waals surface area contributed by atoms with E-state index in [1.165, 1.54) is 4.88 Å². The van der Waals surface area contributed by atoms with E-state index in [4.69, 9.17) is 0 Å². The van der Waals surface area contributed by atoms with Crippen LogP contribution in [-0.2, 0) is 0 Å². The van der Waals surface area contributed by atoms with Crippen molar-refractivity contribution in [3.8, 4) is 10.6 Å². The maximum Gasteiger partial charge on any atom is 0.252 e. The summed E-state index contributed by atoms with van der Waals surface area (Å²) in [4.78, 5) is 18.3. The van der Waals surface area contributed by atoms with Gasteiger partial charge in [0.1, 0.15) is 0 Å². The van der Waals surface area contributed by atoms with Gasteiger partial charge in [-0.15, -0.1) is 11.3 Å². The first-order chi connectivity index (χ1) is 13.6. The number of carbonyl (C=O) groups is 1. The highest BCUT2D eigenvalue weighted by atomic mass is 32.1. The van der Waals surface area contributed by atoms with Crippen molar-refractivity contribution in [1.29, 1.82) is 0 Å². The summed E-state index contributed by atoms with van der Waals surface area (Å²) in [7, 11) is 4.06. The van der Waals surface area contributed by atoms with Crippen LogP contribution in [0.15, 0.2) is 53.9 Å². The van der Waals surface area contributed by atoms with Gasteiger partial charge in [0.25, 0.3) is 5.91 Å². The number of hydrogen-bond donors (Lipinski definition) is 2. The van der Waals surface area contributed by atoms with Gasteiger partial charge in [-0.25, -0.2) is 0 Å². The van der Waals surface area contributed by atoms with Crippen LogP contribution in [0.2, 0.25) is 0 Å². The maximum absolute atomic E-state index is 12.7. The van der Waals surface area contributed by atoms with Crippen molar-refractivity contribution in [2.75, 3.05) is 32.1 Å². The first-order valence-corrected chi connectivity index (χ1v) is 10.3. The van der Waals surface area contributed by atoms with Crippen molar-refractivity contribution in [2.24, 2.45) is 0 Å². The molecule has 1 aliphatic rings. The molecule has 0 saturated carbocycles. The molecule has 1 fully saturated rings. The van der Waals surface area contributed by atoms with E-state index in [0.29, 0.717) is 5.56 Å². The zero-order chi connectivity index (χ0) is 19.6. The lowest BCUT2D eigenvalue weighted by atomic mass is 9.94. The van der Waals surface area contributed by atoms with Crippen molar-refractivity contribution < 1.29 is 4.79 Å². The molecule has 4 rings (SSSR count). The second-order valence-corrected chi connectivity index (χ2v) is 8.30. The number of aromatic nitrogens is 2. The fraction of sp³-hybridized carbons (Fsp3) is 0.333. The van der Waals surface area contributed by atoms with Gasteiger partial charge in [-0.2, -0.15) is 5.10 Å². The smallest absolute Gasteiger partial charge is 0.252 e. The third-order valence-electron chi connectivity index (χ3n) is 5.50. The summed E-state index contributed by atoms with van der Waals surface area (Å²) in [5.74, 6) is 0.938. The molecule has 3 aromatic rings. The van der Waals surface area contributed by atoms with Crippen molar-refractivity contribution in [2.45, 2.75) is 18.5 Å². The monoisotopic (exact) mass is 395 g/mol. The van der Waals surface area contributed by atoms with Crippen LogP contribution >= 0.6 is 11.3 Å². The molecule has 0 spiro atoms. The third kappa shape index (κ3) is 3.68. The number of anilines is 1. The quantitative estimate of drug-likeness (QED) is 0.650. The van der Waals surface area contributed by atoms with Crippen LogP contribution in [-0.4, -0.2) is 53.9 Å². The molecule has 28 heavy (non-hydrogen) atoms. The van der Waals surface area contributed by atoms with Crippen LogP contribution < -0.4 is 10.2 Å². The van der Waals surface area contributed by atoms with Gasteiger partial charge in [-0.05, 0) is 37.7 Å². The average molecular weight is 396 g/mol. The van der Waals surface area contributed by atoms with Crippen LogP contribution in [0.25, 0.3) is 10.6 Å². The molecule has 2 aromatic heterocycles. The molecule has 0 radical (unpaired) electrons. The minimum absolute atomic E-state index is 0.0255. The number of nitrogens with one attached hydrogen (secondary N) is 2.